The standard InChI is InChI=1S/C13H11BrN6OS/c1-8-6-12(21)16-13(15-8)22-7-11-17-18-19-20(11)10-4-2-9(14)3-5-10/h2-6H,7H2,1H3,(H,15,16,21). The number of hydrogen-bond acceptors (Lipinski definition) is 6. The molecule has 22 heavy (non-hydrogen) atoms. The Morgan fingerprint density at radius 3 is 2.82 bits per heavy atom. The molecular formula is C13H11BrN6OS. The number of benzene rings is 1. The third-order valence-electron chi connectivity index (χ3n) is 2.79. The van der Waals surface area contributed by atoms with E-state index in [4.69, 9.17) is 0 Å². The summed E-state index contributed by atoms with van der Waals surface area (Å²) >= 11 is 4.77. The maximum Gasteiger partial charge on any atom is 0.251 e. The van der Waals surface area contributed by atoms with Crippen molar-refractivity contribution in [1.29, 1.82) is 0 Å². The van der Waals surface area contributed by atoms with Crippen molar-refractivity contribution in [3.63, 3.8) is 0 Å². The SMILES string of the molecule is Cc1cc(=O)[nH]c(SCc2nnnn2-c2ccc(Br)cc2)n1. The van der Waals surface area contributed by atoms with Crippen LogP contribution < -0.4 is 5.56 Å². The molecule has 3 aromatic rings. The van der Waals surface area contributed by atoms with Gasteiger partial charge in [0, 0.05) is 16.2 Å². The van der Waals surface area contributed by atoms with Gasteiger partial charge in [0.1, 0.15) is 0 Å². The molecule has 0 unspecified atom stereocenters. The molecule has 0 aliphatic rings. The minimum absolute atomic E-state index is 0.164. The smallest absolute Gasteiger partial charge is 0.251 e. The molecule has 2 heterocycles. The van der Waals surface area contributed by atoms with Crippen molar-refractivity contribution < 1.29 is 0 Å². The van der Waals surface area contributed by atoms with Crippen molar-refractivity contribution in [3.05, 3.63) is 56.7 Å². The highest BCUT2D eigenvalue weighted by Crippen LogP contribution is 2.19. The molecule has 0 aliphatic carbocycles. The lowest BCUT2D eigenvalue weighted by atomic mass is 10.3. The van der Waals surface area contributed by atoms with E-state index < -0.39 is 0 Å². The van der Waals surface area contributed by atoms with Crippen molar-refractivity contribution in [3.8, 4) is 5.69 Å². The van der Waals surface area contributed by atoms with Crippen LogP contribution in [0.3, 0.4) is 0 Å². The topological polar surface area (TPSA) is 89.4 Å². The minimum Gasteiger partial charge on any atom is -0.301 e. The van der Waals surface area contributed by atoms with E-state index in [-0.39, 0.29) is 5.56 Å². The van der Waals surface area contributed by atoms with E-state index in [1.807, 2.05) is 24.3 Å². The monoisotopic (exact) mass is 378 g/mol. The molecule has 0 saturated heterocycles. The predicted molar refractivity (Wildman–Crippen MR) is 86.0 cm³/mol. The third kappa shape index (κ3) is 3.42. The van der Waals surface area contributed by atoms with Gasteiger partial charge in [-0.1, -0.05) is 27.7 Å². The van der Waals surface area contributed by atoms with Gasteiger partial charge in [0.15, 0.2) is 11.0 Å². The van der Waals surface area contributed by atoms with E-state index in [0.29, 0.717) is 22.4 Å². The van der Waals surface area contributed by atoms with Crippen LogP contribution >= 0.6 is 27.7 Å². The molecule has 0 amide bonds. The number of halogens is 1. The van der Waals surface area contributed by atoms with Crippen LogP contribution in [0, 0.1) is 6.92 Å². The summed E-state index contributed by atoms with van der Waals surface area (Å²) in [7, 11) is 0. The molecule has 0 bridgehead atoms. The van der Waals surface area contributed by atoms with Gasteiger partial charge in [0.05, 0.1) is 11.4 Å². The Bertz CT molecular complexity index is 844. The van der Waals surface area contributed by atoms with Crippen LogP contribution in [0.25, 0.3) is 5.69 Å². The van der Waals surface area contributed by atoms with Crippen molar-refractivity contribution in [2.75, 3.05) is 0 Å². The number of aromatic amines is 1. The van der Waals surface area contributed by atoms with Crippen molar-refractivity contribution in [2.24, 2.45) is 0 Å². The second-order valence-electron chi connectivity index (χ2n) is 4.46. The number of nitrogens with zero attached hydrogens (tertiary/aromatic N) is 5. The predicted octanol–water partition coefficient (Wildman–Crippen LogP) is 2.11. The van der Waals surface area contributed by atoms with Crippen LogP contribution in [0.5, 0.6) is 0 Å². The fourth-order valence-corrected chi connectivity index (χ4v) is 2.92. The normalized spacial score (nSPS) is 10.8. The lowest BCUT2D eigenvalue weighted by molar-refractivity contribution is 0.777. The fourth-order valence-electron chi connectivity index (χ4n) is 1.83. The number of thioether (sulfide) groups is 1. The second-order valence-corrected chi connectivity index (χ2v) is 6.34. The van der Waals surface area contributed by atoms with Gasteiger partial charge < -0.3 is 4.98 Å². The van der Waals surface area contributed by atoms with Gasteiger partial charge in [-0.3, -0.25) is 4.79 Å². The number of rotatable bonds is 4. The highest BCUT2D eigenvalue weighted by Gasteiger charge is 2.10. The summed E-state index contributed by atoms with van der Waals surface area (Å²) in [5, 5.41) is 12.3. The average Bonchev–Trinajstić information content (AvgIpc) is 2.93. The lowest BCUT2D eigenvalue weighted by Gasteiger charge is -2.04. The number of nitrogens with one attached hydrogen (secondary N) is 1. The molecule has 7 nitrogen and oxygen atoms in total. The molecule has 0 atom stereocenters. The summed E-state index contributed by atoms with van der Waals surface area (Å²) in [6.45, 7) is 1.78. The van der Waals surface area contributed by atoms with Crippen LogP contribution in [0.1, 0.15) is 11.5 Å². The number of aromatic nitrogens is 6. The number of aryl methyl sites for hydroxylation is 1. The molecule has 112 valence electrons. The Morgan fingerprint density at radius 1 is 1.32 bits per heavy atom. The first-order valence-corrected chi connectivity index (χ1v) is 8.13. The zero-order valence-corrected chi connectivity index (χ0v) is 13.9. The van der Waals surface area contributed by atoms with E-state index in [2.05, 4.69) is 41.4 Å². The molecule has 0 radical (unpaired) electrons. The minimum atomic E-state index is -0.164. The van der Waals surface area contributed by atoms with Gasteiger partial charge in [-0.15, -0.1) is 5.10 Å². The zero-order valence-electron chi connectivity index (χ0n) is 11.5. The van der Waals surface area contributed by atoms with Crippen LogP contribution in [0.15, 0.2) is 44.8 Å². The zero-order chi connectivity index (χ0) is 15.5. The molecule has 1 aromatic carbocycles. The van der Waals surface area contributed by atoms with Gasteiger partial charge >= 0.3 is 0 Å². The second kappa shape index (κ2) is 6.41. The summed E-state index contributed by atoms with van der Waals surface area (Å²) in [4.78, 5) is 18.4. The highest BCUT2D eigenvalue weighted by atomic mass is 79.9. The Balaban J connectivity index is 1.80. The summed E-state index contributed by atoms with van der Waals surface area (Å²) in [6.07, 6.45) is 0. The molecule has 0 saturated carbocycles. The fraction of sp³-hybridized carbons (Fsp3) is 0.154. The first-order valence-electron chi connectivity index (χ1n) is 6.36. The van der Waals surface area contributed by atoms with Crippen molar-refractivity contribution in [2.45, 2.75) is 17.8 Å². The van der Waals surface area contributed by atoms with Gasteiger partial charge in [-0.2, -0.15) is 4.68 Å². The van der Waals surface area contributed by atoms with Gasteiger partial charge in [-0.05, 0) is 41.6 Å². The molecule has 1 N–H and O–H groups in total. The molecule has 9 heteroatoms. The van der Waals surface area contributed by atoms with Crippen LogP contribution in [-0.4, -0.2) is 30.2 Å². The van der Waals surface area contributed by atoms with Gasteiger partial charge in [0.25, 0.3) is 5.56 Å². The van der Waals surface area contributed by atoms with E-state index in [1.54, 1.807) is 11.6 Å². The Hall–Kier alpha value is -2.00. The molecule has 0 fully saturated rings. The van der Waals surface area contributed by atoms with E-state index in [1.165, 1.54) is 17.8 Å². The molecule has 2 aromatic heterocycles. The molecule has 0 aliphatic heterocycles. The third-order valence-corrected chi connectivity index (χ3v) is 4.19. The molecule has 0 spiro atoms. The van der Waals surface area contributed by atoms with Gasteiger partial charge in [0.2, 0.25) is 0 Å². The van der Waals surface area contributed by atoms with E-state index in [0.717, 1.165) is 10.2 Å². The maximum atomic E-state index is 11.4. The van der Waals surface area contributed by atoms with E-state index in [9.17, 15) is 4.79 Å². The number of tetrazole rings is 1. The van der Waals surface area contributed by atoms with Crippen LogP contribution in [-0.2, 0) is 5.75 Å². The average molecular weight is 379 g/mol. The lowest BCUT2D eigenvalue weighted by Crippen LogP contribution is -2.08. The molecular weight excluding hydrogens is 368 g/mol. The summed E-state index contributed by atoms with van der Waals surface area (Å²) in [5.74, 6) is 1.17. The first-order chi connectivity index (χ1) is 10.6. The van der Waals surface area contributed by atoms with Gasteiger partial charge in [-0.25, -0.2) is 4.98 Å². The van der Waals surface area contributed by atoms with Crippen LogP contribution in [0.4, 0.5) is 0 Å². The summed E-state index contributed by atoms with van der Waals surface area (Å²) < 4.78 is 2.65. The highest BCUT2D eigenvalue weighted by molar-refractivity contribution is 9.10. The van der Waals surface area contributed by atoms with Crippen molar-refractivity contribution >= 4 is 27.7 Å². The molecule has 3 rings (SSSR count). The number of H-pyrrole nitrogens is 1. The Labute approximate surface area is 138 Å². The van der Waals surface area contributed by atoms with E-state index >= 15 is 0 Å². The first kappa shape index (κ1) is 14.9. The van der Waals surface area contributed by atoms with Crippen LogP contribution in [0.2, 0.25) is 0 Å². The quantitative estimate of drug-likeness (QED) is 0.552. The number of hydrogen-bond donors (Lipinski definition) is 1. The Kier molecular flexibility index (Phi) is 4.34. The Morgan fingerprint density at radius 2 is 2.09 bits per heavy atom. The summed E-state index contributed by atoms with van der Waals surface area (Å²) in [6, 6.07) is 9.14. The summed E-state index contributed by atoms with van der Waals surface area (Å²) in [5.41, 5.74) is 1.38. The maximum absolute atomic E-state index is 11.4. The largest absolute Gasteiger partial charge is 0.301 e. The van der Waals surface area contributed by atoms with Crippen molar-refractivity contribution in [1.82, 2.24) is 30.2 Å².